The number of carboxylic acid groups (broad SMARTS) is 1. The Labute approximate surface area is 101 Å². The Morgan fingerprint density at radius 2 is 1.88 bits per heavy atom. The molecule has 0 fully saturated rings. The summed E-state index contributed by atoms with van der Waals surface area (Å²) in [5.74, 6) is -0.387. The minimum Gasteiger partial charge on any atom is -0.478 e. The normalized spacial score (nSPS) is 12.2. The molecule has 86 valence electrons. The van der Waals surface area contributed by atoms with E-state index in [0.717, 1.165) is 16.7 Å². The van der Waals surface area contributed by atoms with Crippen molar-refractivity contribution in [3.63, 3.8) is 0 Å². The van der Waals surface area contributed by atoms with Gasteiger partial charge < -0.3 is 5.11 Å². The molecule has 0 atom stereocenters. The molecule has 0 heterocycles. The van der Waals surface area contributed by atoms with Crippen LogP contribution in [0.2, 0.25) is 0 Å². The maximum absolute atomic E-state index is 10.9. The number of carboxylic acids is 1. The van der Waals surface area contributed by atoms with Gasteiger partial charge in [-0.25, -0.2) is 4.79 Å². The molecule has 2 nitrogen and oxygen atoms in total. The molecule has 0 radical (unpaired) electrons. The number of hydrogen-bond acceptors (Lipinski definition) is 1. The standard InChI is InChI=1S/C13H15ClO2/c1-3-12(9(2)13(15)16)11-6-4-10(8-14)5-7-11/h4-7H,3,8H2,1-2H3,(H,15,16). The van der Waals surface area contributed by atoms with E-state index in [-0.39, 0.29) is 0 Å². The van der Waals surface area contributed by atoms with E-state index in [1.807, 2.05) is 31.2 Å². The molecule has 1 rings (SSSR count). The third kappa shape index (κ3) is 2.86. The fourth-order valence-electron chi connectivity index (χ4n) is 1.61. The molecule has 0 bridgehead atoms. The second kappa shape index (κ2) is 5.71. The third-order valence-electron chi connectivity index (χ3n) is 2.58. The van der Waals surface area contributed by atoms with Crippen molar-refractivity contribution in [2.24, 2.45) is 0 Å². The first-order valence-electron chi connectivity index (χ1n) is 5.18. The first-order chi connectivity index (χ1) is 7.60. The summed E-state index contributed by atoms with van der Waals surface area (Å²) in [6.45, 7) is 3.59. The summed E-state index contributed by atoms with van der Waals surface area (Å²) >= 11 is 5.70. The summed E-state index contributed by atoms with van der Waals surface area (Å²) in [6.07, 6.45) is 0.707. The zero-order valence-electron chi connectivity index (χ0n) is 9.46. The second-order valence-electron chi connectivity index (χ2n) is 3.59. The Morgan fingerprint density at radius 1 is 1.31 bits per heavy atom. The van der Waals surface area contributed by atoms with Crippen molar-refractivity contribution in [3.05, 3.63) is 41.0 Å². The third-order valence-corrected chi connectivity index (χ3v) is 2.89. The molecule has 0 saturated heterocycles. The molecule has 1 aromatic rings. The fraction of sp³-hybridized carbons (Fsp3) is 0.308. The fourth-order valence-corrected chi connectivity index (χ4v) is 1.79. The van der Waals surface area contributed by atoms with Crippen LogP contribution in [0.15, 0.2) is 29.8 Å². The van der Waals surface area contributed by atoms with Crippen molar-refractivity contribution in [3.8, 4) is 0 Å². The van der Waals surface area contributed by atoms with E-state index in [2.05, 4.69) is 0 Å². The van der Waals surface area contributed by atoms with Crippen LogP contribution in [0.3, 0.4) is 0 Å². The molecular formula is C13H15ClO2. The van der Waals surface area contributed by atoms with E-state index in [4.69, 9.17) is 16.7 Å². The van der Waals surface area contributed by atoms with Gasteiger partial charge in [-0.15, -0.1) is 11.6 Å². The predicted octanol–water partition coefficient (Wildman–Crippen LogP) is 3.69. The molecule has 16 heavy (non-hydrogen) atoms. The van der Waals surface area contributed by atoms with Gasteiger partial charge in [-0.3, -0.25) is 0 Å². The van der Waals surface area contributed by atoms with Crippen LogP contribution in [0.1, 0.15) is 31.4 Å². The van der Waals surface area contributed by atoms with Crippen molar-refractivity contribution in [1.82, 2.24) is 0 Å². The first-order valence-corrected chi connectivity index (χ1v) is 5.72. The van der Waals surface area contributed by atoms with Crippen LogP contribution in [0, 0.1) is 0 Å². The number of halogens is 1. The van der Waals surface area contributed by atoms with Crippen LogP contribution < -0.4 is 0 Å². The highest BCUT2D eigenvalue weighted by atomic mass is 35.5. The molecule has 1 aromatic carbocycles. The lowest BCUT2D eigenvalue weighted by molar-refractivity contribution is -0.132. The Balaban J connectivity index is 3.14. The number of rotatable bonds is 4. The minimum atomic E-state index is -0.863. The lowest BCUT2D eigenvalue weighted by Crippen LogP contribution is -2.00. The quantitative estimate of drug-likeness (QED) is 0.642. The Bertz CT molecular complexity index is 404. The highest BCUT2D eigenvalue weighted by Gasteiger charge is 2.09. The van der Waals surface area contributed by atoms with Gasteiger partial charge in [0.05, 0.1) is 0 Å². The van der Waals surface area contributed by atoms with Gasteiger partial charge in [-0.05, 0) is 30.0 Å². The minimum absolute atomic E-state index is 0.404. The van der Waals surface area contributed by atoms with E-state index >= 15 is 0 Å². The highest BCUT2D eigenvalue weighted by molar-refractivity contribution is 6.17. The lowest BCUT2D eigenvalue weighted by atomic mass is 9.97. The van der Waals surface area contributed by atoms with Gasteiger partial charge in [0.2, 0.25) is 0 Å². The second-order valence-corrected chi connectivity index (χ2v) is 3.86. The van der Waals surface area contributed by atoms with Gasteiger partial charge in [-0.1, -0.05) is 31.2 Å². The van der Waals surface area contributed by atoms with Crippen LogP contribution in [-0.4, -0.2) is 11.1 Å². The van der Waals surface area contributed by atoms with E-state index < -0.39 is 5.97 Å². The maximum Gasteiger partial charge on any atom is 0.331 e. The SMILES string of the molecule is CCC(=C(C)C(=O)O)c1ccc(CCl)cc1. The maximum atomic E-state index is 10.9. The van der Waals surface area contributed by atoms with Crippen LogP contribution >= 0.6 is 11.6 Å². The molecule has 0 spiro atoms. The average Bonchev–Trinajstić information content (AvgIpc) is 2.30. The van der Waals surface area contributed by atoms with Crippen molar-refractivity contribution >= 4 is 23.1 Å². The summed E-state index contributed by atoms with van der Waals surface area (Å²) in [5.41, 5.74) is 3.26. The average molecular weight is 239 g/mol. The molecule has 0 aliphatic carbocycles. The topological polar surface area (TPSA) is 37.3 Å². The Kier molecular flexibility index (Phi) is 4.56. The Hall–Kier alpha value is -1.28. The van der Waals surface area contributed by atoms with E-state index in [0.29, 0.717) is 17.9 Å². The van der Waals surface area contributed by atoms with E-state index in [9.17, 15) is 4.79 Å². The van der Waals surface area contributed by atoms with Gasteiger partial charge in [0, 0.05) is 11.5 Å². The lowest BCUT2D eigenvalue weighted by Gasteiger charge is -2.08. The summed E-state index contributed by atoms with van der Waals surface area (Å²) in [6, 6.07) is 7.69. The number of allylic oxidation sites excluding steroid dienone is 1. The van der Waals surface area contributed by atoms with Gasteiger partial charge in [0.1, 0.15) is 0 Å². The van der Waals surface area contributed by atoms with Crippen molar-refractivity contribution in [2.75, 3.05) is 0 Å². The number of benzene rings is 1. The summed E-state index contributed by atoms with van der Waals surface area (Å²) < 4.78 is 0. The highest BCUT2D eigenvalue weighted by Crippen LogP contribution is 2.23. The first kappa shape index (κ1) is 12.8. The van der Waals surface area contributed by atoms with Crippen LogP contribution in [0.4, 0.5) is 0 Å². The summed E-state index contributed by atoms with van der Waals surface area (Å²) in [4.78, 5) is 10.9. The smallest absolute Gasteiger partial charge is 0.331 e. The zero-order valence-corrected chi connectivity index (χ0v) is 10.2. The number of aliphatic carboxylic acids is 1. The van der Waals surface area contributed by atoms with E-state index in [1.54, 1.807) is 6.92 Å². The van der Waals surface area contributed by atoms with Gasteiger partial charge >= 0.3 is 5.97 Å². The number of hydrogen-bond donors (Lipinski definition) is 1. The van der Waals surface area contributed by atoms with Gasteiger partial charge in [0.15, 0.2) is 0 Å². The summed E-state index contributed by atoms with van der Waals surface area (Å²) in [5, 5.41) is 8.97. The largest absolute Gasteiger partial charge is 0.478 e. The molecule has 1 N–H and O–H groups in total. The monoisotopic (exact) mass is 238 g/mol. The van der Waals surface area contributed by atoms with Gasteiger partial charge in [-0.2, -0.15) is 0 Å². The molecule has 0 aliphatic heterocycles. The van der Waals surface area contributed by atoms with Crippen molar-refractivity contribution in [1.29, 1.82) is 0 Å². The molecule has 0 unspecified atom stereocenters. The van der Waals surface area contributed by atoms with Crippen molar-refractivity contribution in [2.45, 2.75) is 26.1 Å². The van der Waals surface area contributed by atoms with Crippen molar-refractivity contribution < 1.29 is 9.90 Å². The predicted molar refractivity (Wildman–Crippen MR) is 66.5 cm³/mol. The molecule has 0 aromatic heterocycles. The molecule has 0 aliphatic rings. The molecule has 0 saturated carbocycles. The number of alkyl halides is 1. The molecule has 0 amide bonds. The van der Waals surface area contributed by atoms with Gasteiger partial charge in [0.25, 0.3) is 0 Å². The Morgan fingerprint density at radius 3 is 2.25 bits per heavy atom. The summed E-state index contributed by atoms with van der Waals surface area (Å²) in [7, 11) is 0. The van der Waals surface area contributed by atoms with Crippen LogP contribution in [0.25, 0.3) is 5.57 Å². The van der Waals surface area contributed by atoms with Crippen LogP contribution in [0.5, 0.6) is 0 Å². The molecule has 3 heteroatoms. The van der Waals surface area contributed by atoms with Crippen LogP contribution in [-0.2, 0) is 10.7 Å². The zero-order chi connectivity index (χ0) is 12.1. The van der Waals surface area contributed by atoms with E-state index in [1.165, 1.54) is 0 Å². The number of carbonyl (C=O) groups is 1. The molecular weight excluding hydrogens is 224 g/mol.